The standard InChI is InChI=1S/C19H18ClF3N4O2/c1-9-10(2)29-18(24)27-19(9,8-21)13-5-12(6-14(22)16(13)23)26-17(28)15-4-3-11(20)7-25-15/h3-7,9-10H,8H2,1-2H3,(H2,24,27)(H,26,28)/t9-,10?,19-/m1/s1. The van der Waals surface area contributed by atoms with Crippen molar-refractivity contribution in [2.75, 3.05) is 12.0 Å². The van der Waals surface area contributed by atoms with Gasteiger partial charge in [0.25, 0.3) is 11.9 Å². The molecule has 154 valence electrons. The predicted octanol–water partition coefficient (Wildman–Crippen LogP) is 3.80. The van der Waals surface area contributed by atoms with E-state index in [0.717, 1.165) is 12.1 Å². The minimum Gasteiger partial charge on any atom is -0.462 e. The molecule has 0 spiro atoms. The Hall–Kier alpha value is -2.81. The van der Waals surface area contributed by atoms with Crippen LogP contribution < -0.4 is 11.1 Å². The first kappa shape index (κ1) is 20.9. The number of hydrogen-bond donors (Lipinski definition) is 2. The van der Waals surface area contributed by atoms with Crippen LogP contribution in [0.4, 0.5) is 18.9 Å². The van der Waals surface area contributed by atoms with E-state index in [1.165, 1.54) is 18.3 Å². The lowest BCUT2D eigenvalue weighted by atomic mass is 9.76. The van der Waals surface area contributed by atoms with Gasteiger partial charge >= 0.3 is 0 Å². The van der Waals surface area contributed by atoms with Crippen LogP contribution in [0.1, 0.15) is 29.9 Å². The van der Waals surface area contributed by atoms with Crippen molar-refractivity contribution in [2.24, 2.45) is 16.6 Å². The summed E-state index contributed by atoms with van der Waals surface area (Å²) in [7, 11) is 0. The molecule has 0 radical (unpaired) electrons. The van der Waals surface area contributed by atoms with Crippen LogP contribution in [0.2, 0.25) is 5.02 Å². The van der Waals surface area contributed by atoms with Gasteiger partial charge in [-0.2, -0.15) is 0 Å². The van der Waals surface area contributed by atoms with Crippen molar-refractivity contribution in [1.82, 2.24) is 4.98 Å². The maximum atomic E-state index is 14.7. The molecule has 0 bridgehead atoms. The average Bonchev–Trinajstić information content (AvgIpc) is 2.68. The Morgan fingerprint density at radius 2 is 2.07 bits per heavy atom. The van der Waals surface area contributed by atoms with E-state index < -0.39 is 41.8 Å². The van der Waals surface area contributed by atoms with E-state index >= 15 is 0 Å². The topological polar surface area (TPSA) is 89.6 Å². The largest absolute Gasteiger partial charge is 0.462 e. The fraction of sp³-hybridized carbons (Fsp3) is 0.316. The highest BCUT2D eigenvalue weighted by Crippen LogP contribution is 2.42. The van der Waals surface area contributed by atoms with Gasteiger partial charge < -0.3 is 15.8 Å². The van der Waals surface area contributed by atoms with E-state index in [1.807, 2.05) is 0 Å². The summed E-state index contributed by atoms with van der Waals surface area (Å²) in [5.74, 6) is -3.89. The molecule has 1 unspecified atom stereocenters. The van der Waals surface area contributed by atoms with E-state index in [-0.39, 0.29) is 23.0 Å². The second-order valence-corrected chi connectivity index (χ2v) is 7.19. The summed E-state index contributed by atoms with van der Waals surface area (Å²) in [6, 6.07) is 4.43. The maximum Gasteiger partial charge on any atom is 0.283 e. The second-order valence-electron chi connectivity index (χ2n) is 6.75. The third-order valence-corrected chi connectivity index (χ3v) is 5.21. The number of aliphatic imine (C=N–C) groups is 1. The third-order valence-electron chi connectivity index (χ3n) is 4.99. The van der Waals surface area contributed by atoms with Crippen LogP contribution in [-0.4, -0.2) is 29.7 Å². The van der Waals surface area contributed by atoms with Gasteiger partial charge in [-0.3, -0.25) is 4.79 Å². The predicted molar refractivity (Wildman–Crippen MR) is 103 cm³/mol. The van der Waals surface area contributed by atoms with Crippen LogP contribution in [0.5, 0.6) is 0 Å². The highest BCUT2D eigenvalue weighted by molar-refractivity contribution is 6.30. The Kier molecular flexibility index (Phi) is 5.70. The fourth-order valence-corrected chi connectivity index (χ4v) is 3.33. The van der Waals surface area contributed by atoms with Gasteiger partial charge in [-0.15, -0.1) is 0 Å². The van der Waals surface area contributed by atoms with Gasteiger partial charge in [-0.25, -0.2) is 23.1 Å². The first-order valence-electron chi connectivity index (χ1n) is 8.68. The zero-order valence-corrected chi connectivity index (χ0v) is 16.3. The highest BCUT2D eigenvalue weighted by atomic mass is 35.5. The first-order valence-corrected chi connectivity index (χ1v) is 9.06. The summed E-state index contributed by atoms with van der Waals surface area (Å²) in [5, 5.41) is 2.75. The summed E-state index contributed by atoms with van der Waals surface area (Å²) in [6.45, 7) is 2.08. The number of alkyl halides is 1. The number of aromatic nitrogens is 1. The monoisotopic (exact) mass is 426 g/mol. The zero-order chi connectivity index (χ0) is 21.3. The van der Waals surface area contributed by atoms with E-state index in [9.17, 15) is 18.0 Å². The molecule has 1 amide bonds. The van der Waals surface area contributed by atoms with Crippen molar-refractivity contribution < 1.29 is 22.7 Å². The quantitative estimate of drug-likeness (QED) is 0.778. The van der Waals surface area contributed by atoms with Gasteiger partial charge in [0.05, 0.1) is 5.02 Å². The smallest absolute Gasteiger partial charge is 0.283 e. The van der Waals surface area contributed by atoms with Gasteiger partial charge in [0.15, 0.2) is 11.6 Å². The normalized spacial score (nSPS) is 23.9. The lowest BCUT2D eigenvalue weighted by Gasteiger charge is -2.40. The summed E-state index contributed by atoms with van der Waals surface area (Å²) >= 11 is 5.74. The molecule has 1 aromatic heterocycles. The Balaban J connectivity index is 2.04. The number of halogens is 4. The van der Waals surface area contributed by atoms with Crippen molar-refractivity contribution in [2.45, 2.75) is 25.5 Å². The number of hydrogen-bond acceptors (Lipinski definition) is 5. The lowest BCUT2D eigenvalue weighted by Crippen LogP contribution is -2.48. The van der Waals surface area contributed by atoms with Crippen molar-refractivity contribution in [3.63, 3.8) is 0 Å². The second kappa shape index (κ2) is 7.90. The number of rotatable bonds is 4. The van der Waals surface area contributed by atoms with Crippen molar-refractivity contribution in [3.05, 3.63) is 58.4 Å². The number of amides is 1. The van der Waals surface area contributed by atoms with Gasteiger partial charge in [0, 0.05) is 29.4 Å². The molecule has 3 rings (SSSR count). The Bertz CT molecular complexity index is 971. The molecule has 0 aliphatic carbocycles. The van der Waals surface area contributed by atoms with Gasteiger partial charge in [-0.05, 0) is 25.1 Å². The van der Waals surface area contributed by atoms with Crippen molar-refractivity contribution in [3.8, 4) is 0 Å². The van der Waals surface area contributed by atoms with Gasteiger partial charge in [0.2, 0.25) is 0 Å². The van der Waals surface area contributed by atoms with Gasteiger partial charge in [-0.1, -0.05) is 18.5 Å². The summed E-state index contributed by atoms with van der Waals surface area (Å²) in [4.78, 5) is 20.2. The number of pyridine rings is 1. The first-order chi connectivity index (χ1) is 13.7. The molecule has 0 fully saturated rings. The molecule has 1 aromatic carbocycles. The van der Waals surface area contributed by atoms with Crippen LogP contribution in [0, 0.1) is 17.6 Å². The highest BCUT2D eigenvalue weighted by Gasteiger charge is 2.47. The lowest BCUT2D eigenvalue weighted by molar-refractivity contribution is 0.0491. The van der Waals surface area contributed by atoms with E-state index in [4.69, 9.17) is 22.1 Å². The molecule has 29 heavy (non-hydrogen) atoms. The molecule has 6 nitrogen and oxygen atoms in total. The van der Waals surface area contributed by atoms with Crippen molar-refractivity contribution >= 4 is 29.2 Å². The third kappa shape index (κ3) is 3.87. The molecular formula is C19H18ClF3N4O2. The average molecular weight is 427 g/mol. The Labute approximate surface area is 169 Å². The number of nitrogens with one attached hydrogen (secondary N) is 1. The molecule has 2 aromatic rings. The fourth-order valence-electron chi connectivity index (χ4n) is 3.22. The molecule has 0 saturated heterocycles. The molecule has 3 N–H and O–H groups in total. The van der Waals surface area contributed by atoms with Gasteiger partial charge in [0.1, 0.15) is 24.0 Å². The number of anilines is 1. The number of nitrogens with two attached hydrogens (primary N) is 1. The SMILES string of the molecule is CC1OC(N)=N[C@@](CF)(c2cc(NC(=O)c3ccc(Cl)cn3)cc(F)c2F)[C@@H]1C. The van der Waals surface area contributed by atoms with Crippen LogP contribution >= 0.6 is 11.6 Å². The summed E-state index contributed by atoms with van der Waals surface area (Å²) in [6.07, 6.45) is 0.676. The molecular weight excluding hydrogens is 409 g/mol. The van der Waals surface area contributed by atoms with E-state index in [1.54, 1.807) is 13.8 Å². The summed E-state index contributed by atoms with van der Waals surface area (Å²) in [5.41, 5.74) is 3.38. The number of amidine groups is 1. The number of benzene rings is 1. The van der Waals surface area contributed by atoms with Crippen LogP contribution in [-0.2, 0) is 10.3 Å². The Morgan fingerprint density at radius 1 is 1.34 bits per heavy atom. The van der Waals surface area contributed by atoms with Crippen LogP contribution in [0.25, 0.3) is 0 Å². The molecule has 2 heterocycles. The molecule has 3 atom stereocenters. The number of carbonyl (C=O) groups excluding carboxylic acids is 1. The molecule has 10 heteroatoms. The van der Waals surface area contributed by atoms with Crippen LogP contribution in [0.15, 0.2) is 35.5 Å². The number of carbonyl (C=O) groups is 1. The van der Waals surface area contributed by atoms with E-state index in [2.05, 4.69) is 15.3 Å². The van der Waals surface area contributed by atoms with E-state index in [0.29, 0.717) is 5.02 Å². The molecule has 1 aliphatic rings. The minimum atomic E-state index is -1.80. The maximum absolute atomic E-state index is 14.7. The number of nitrogens with zero attached hydrogens (tertiary/aromatic N) is 2. The van der Waals surface area contributed by atoms with Crippen LogP contribution in [0.3, 0.4) is 0 Å². The molecule has 1 aliphatic heterocycles. The number of ether oxygens (including phenoxy) is 1. The van der Waals surface area contributed by atoms with Crippen molar-refractivity contribution in [1.29, 1.82) is 0 Å². The summed E-state index contributed by atoms with van der Waals surface area (Å²) < 4.78 is 48.5. The molecule has 0 saturated carbocycles. The zero-order valence-electron chi connectivity index (χ0n) is 15.5. The Morgan fingerprint density at radius 3 is 2.69 bits per heavy atom. The minimum absolute atomic E-state index is 0.0104.